The first-order chi connectivity index (χ1) is 11.2. The zero-order valence-corrected chi connectivity index (χ0v) is 13.5. The monoisotopic (exact) mass is 316 g/mol. The molecule has 1 unspecified atom stereocenters. The van der Waals surface area contributed by atoms with Crippen molar-refractivity contribution in [1.29, 1.82) is 0 Å². The Morgan fingerprint density at radius 2 is 2.00 bits per heavy atom. The van der Waals surface area contributed by atoms with Crippen LogP contribution in [0.2, 0.25) is 0 Å². The molecule has 1 aromatic carbocycles. The maximum Gasteiger partial charge on any atom is 0.318 e. The number of carbonyl (C=O) groups excluding carboxylic acids is 1. The van der Waals surface area contributed by atoms with Gasteiger partial charge in [0.05, 0.1) is 6.54 Å². The van der Waals surface area contributed by atoms with Crippen LogP contribution in [0.4, 0.5) is 4.79 Å². The normalized spacial score (nSPS) is 21.1. The third-order valence-electron chi connectivity index (χ3n) is 4.49. The molecular weight excluding hydrogens is 292 g/mol. The number of nitrogens with one attached hydrogen (secondary N) is 2. The number of amides is 2. The van der Waals surface area contributed by atoms with Gasteiger partial charge < -0.3 is 20.1 Å². The standard InChI is InChI=1S/C18H24N2O3/c1-13(14-6-2-3-7-14)10-19-18(21)20-11-15-12-22-16-8-4-5-9-17(16)23-15/h4-5,8-10,14-15H,2-3,6-7,11-12H2,1H3,(H2,19,20,21)/b13-10+. The van der Waals surface area contributed by atoms with E-state index in [1.54, 1.807) is 0 Å². The van der Waals surface area contributed by atoms with Crippen LogP contribution in [0.5, 0.6) is 11.5 Å². The lowest BCUT2D eigenvalue weighted by Gasteiger charge is -2.26. The van der Waals surface area contributed by atoms with Crippen LogP contribution in [-0.4, -0.2) is 25.3 Å². The van der Waals surface area contributed by atoms with Crippen LogP contribution in [0.1, 0.15) is 32.6 Å². The molecule has 1 aliphatic carbocycles. The lowest BCUT2D eigenvalue weighted by Crippen LogP contribution is -2.43. The molecule has 1 fully saturated rings. The fraction of sp³-hybridized carbons (Fsp3) is 0.500. The van der Waals surface area contributed by atoms with Crippen LogP contribution in [0, 0.1) is 5.92 Å². The number of para-hydroxylation sites is 2. The molecule has 1 saturated carbocycles. The smallest absolute Gasteiger partial charge is 0.318 e. The number of hydrogen-bond acceptors (Lipinski definition) is 3. The third-order valence-corrected chi connectivity index (χ3v) is 4.49. The van der Waals surface area contributed by atoms with Gasteiger partial charge in [-0.1, -0.05) is 30.5 Å². The molecule has 5 nitrogen and oxygen atoms in total. The topological polar surface area (TPSA) is 59.6 Å². The Morgan fingerprint density at radius 1 is 1.26 bits per heavy atom. The number of urea groups is 1. The predicted octanol–water partition coefficient (Wildman–Crippen LogP) is 3.22. The lowest BCUT2D eigenvalue weighted by molar-refractivity contribution is 0.0919. The summed E-state index contributed by atoms with van der Waals surface area (Å²) in [5.41, 5.74) is 1.25. The van der Waals surface area contributed by atoms with Gasteiger partial charge in [0, 0.05) is 6.20 Å². The Hall–Kier alpha value is -2.17. The van der Waals surface area contributed by atoms with E-state index in [9.17, 15) is 4.79 Å². The van der Waals surface area contributed by atoms with Gasteiger partial charge in [-0.15, -0.1) is 0 Å². The third kappa shape index (κ3) is 4.18. The number of allylic oxidation sites excluding steroid dienone is 1. The summed E-state index contributed by atoms with van der Waals surface area (Å²) in [4.78, 5) is 11.9. The Morgan fingerprint density at radius 3 is 2.78 bits per heavy atom. The highest BCUT2D eigenvalue weighted by Crippen LogP contribution is 2.31. The molecule has 1 aromatic rings. The molecule has 0 saturated heterocycles. The SMILES string of the molecule is C/C(=C\NC(=O)NCC1COc2ccccc2O1)C1CCCC1. The van der Waals surface area contributed by atoms with Crippen molar-refractivity contribution in [3.8, 4) is 11.5 Å². The van der Waals surface area contributed by atoms with Crippen molar-refractivity contribution < 1.29 is 14.3 Å². The van der Waals surface area contributed by atoms with E-state index in [-0.39, 0.29) is 12.1 Å². The highest BCUT2D eigenvalue weighted by molar-refractivity contribution is 5.75. The second kappa shape index (κ2) is 7.40. The fourth-order valence-corrected chi connectivity index (χ4v) is 3.10. The van der Waals surface area contributed by atoms with Crippen molar-refractivity contribution in [2.24, 2.45) is 5.92 Å². The lowest BCUT2D eigenvalue weighted by atomic mass is 10.0. The Bertz CT molecular complexity index is 579. The molecule has 0 spiro atoms. The van der Waals surface area contributed by atoms with Crippen LogP contribution in [0.15, 0.2) is 36.0 Å². The van der Waals surface area contributed by atoms with E-state index in [0.29, 0.717) is 19.1 Å². The zero-order valence-electron chi connectivity index (χ0n) is 13.5. The van der Waals surface area contributed by atoms with Crippen LogP contribution >= 0.6 is 0 Å². The van der Waals surface area contributed by atoms with E-state index >= 15 is 0 Å². The number of hydrogen-bond donors (Lipinski definition) is 2. The summed E-state index contributed by atoms with van der Waals surface area (Å²) in [6, 6.07) is 7.36. The molecule has 0 aromatic heterocycles. The van der Waals surface area contributed by atoms with E-state index in [2.05, 4.69) is 17.6 Å². The molecule has 2 N–H and O–H groups in total. The van der Waals surface area contributed by atoms with Gasteiger partial charge >= 0.3 is 6.03 Å². The maximum atomic E-state index is 11.9. The van der Waals surface area contributed by atoms with Crippen LogP contribution in [0.25, 0.3) is 0 Å². The second-order valence-electron chi connectivity index (χ2n) is 6.22. The van der Waals surface area contributed by atoms with Crippen LogP contribution in [-0.2, 0) is 0 Å². The predicted molar refractivity (Wildman–Crippen MR) is 88.6 cm³/mol. The number of rotatable bonds is 4. The molecule has 1 aliphatic heterocycles. The quantitative estimate of drug-likeness (QED) is 0.896. The van der Waals surface area contributed by atoms with Crippen molar-refractivity contribution >= 4 is 6.03 Å². The van der Waals surface area contributed by atoms with Crippen molar-refractivity contribution in [3.63, 3.8) is 0 Å². The van der Waals surface area contributed by atoms with E-state index in [0.717, 1.165) is 11.5 Å². The summed E-state index contributed by atoms with van der Waals surface area (Å²) < 4.78 is 11.4. The van der Waals surface area contributed by atoms with Gasteiger partial charge in [-0.2, -0.15) is 0 Å². The highest BCUT2D eigenvalue weighted by atomic mass is 16.6. The first-order valence-electron chi connectivity index (χ1n) is 8.32. The second-order valence-corrected chi connectivity index (χ2v) is 6.22. The van der Waals surface area contributed by atoms with Gasteiger partial charge in [0.1, 0.15) is 6.61 Å². The summed E-state index contributed by atoms with van der Waals surface area (Å²) in [5.74, 6) is 2.10. The van der Waals surface area contributed by atoms with Gasteiger partial charge in [0.25, 0.3) is 0 Å². The number of ether oxygens (including phenoxy) is 2. The molecule has 1 heterocycles. The largest absolute Gasteiger partial charge is 0.486 e. The average molecular weight is 316 g/mol. The molecule has 0 bridgehead atoms. The zero-order chi connectivity index (χ0) is 16.1. The summed E-state index contributed by atoms with van der Waals surface area (Å²) in [6.07, 6.45) is 6.72. The van der Waals surface area contributed by atoms with Crippen molar-refractivity contribution in [2.75, 3.05) is 13.2 Å². The Balaban J connectivity index is 1.42. The molecule has 23 heavy (non-hydrogen) atoms. The van der Waals surface area contributed by atoms with Crippen molar-refractivity contribution in [1.82, 2.24) is 10.6 Å². The van der Waals surface area contributed by atoms with E-state index in [1.165, 1.54) is 31.3 Å². The van der Waals surface area contributed by atoms with Gasteiger partial charge in [-0.3, -0.25) is 0 Å². The summed E-state index contributed by atoms with van der Waals surface area (Å²) >= 11 is 0. The number of carbonyl (C=O) groups is 1. The van der Waals surface area contributed by atoms with Crippen LogP contribution < -0.4 is 20.1 Å². The molecule has 1 atom stereocenters. The fourth-order valence-electron chi connectivity index (χ4n) is 3.10. The number of fused-ring (bicyclic) bond motifs is 1. The maximum absolute atomic E-state index is 11.9. The minimum Gasteiger partial charge on any atom is -0.486 e. The van der Waals surface area contributed by atoms with Gasteiger partial charge in [0.15, 0.2) is 17.6 Å². The van der Waals surface area contributed by atoms with E-state index in [4.69, 9.17) is 9.47 Å². The minimum absolute atomic E-state index is 0.171. The van der Waals surface area contributed by atoms with Gasteiger partial charge in [0.2, 0.25) is 0 Å². The van der Waals surface area contributed by atoms with Gasteiger partial charge in [-0.05, 0) is 37.8 Å². The summed E-state index contributed by atoms with van der Waals surface area (Å²) in [5, 5.41) is 5.64. The van der Waals surface area contributed by atoms with E-state index in [1.807, 2.05) is 30.5 Å². The van der Waals surface area contributed by atoms with Crippen LogP contribution in [0.3, 0.4) is 0 Å². The molecule has 0 radical (unpaired) electrons. The van der Waals surface area contributed by atoms with Gasteiger partial charge in [-0.25, -0.2) is 4.79 Å². The van der Waals surface area contributed by atoms with Crippen molar-refractivity contribution in [3.05, 3.63) is 36.0 Å². The molecule has 2 amide bonds. The first kappa shape index (κ1) is 15.7. The Labute approximate surface area is 137 Å². The average Bonchev–Trinajstić information content (AvgIpc) is 3.12. The number of benzene rings is 1. The highest BCUT2D eigenvalue weighted by Gasteiger charge is 2.21. The van der Waals surface area contributed by atoms with E-state index < -0.39 is 0 Å². The van der Waals surface area contributed by atoms with Crippen molar-refractivity contribution in [2.45, 2.75) is 38.7 Å². The minimum atomic E-state index is -0.204. The molecule has 124 valence electrons. The molecule has 5 heteroatoms. The Kier molecular flexibility index (Phi) is 5.05. The summed E-state index contributed by atoms with van der Waals surface area (Å²) in [7, 11) is 0. The summed E-state index contributed by atoms with van der Waals surface area (Å²) in [6.45, 7) is 2.94. The first-order valence-corrected chi connectivity index (χ1v) is 8.32. The molecular formula is C18H24N2O3. The molecule has 3 rings (SSSR count). The molecule has 2 aliphatic rings.